The maximum absolute atomic E-state index is 13.9. The van der Waals surface area contributed by atoms with Gasteiger partial charge < -0.3 is 14.8 Å². The summed E-state index contributed by atoms with van der Waals surface area (Å²) < 4.78 is 10.5. The van der Waals surface area contributed by atoms with Crippen LogP contribution >= 0.6 is 0 Å². The van der Waals surface area contributed by atoms with Crippen molar-refractivity contribution in [3.05, 3.63) is 65.5 Å². The highest BCUT2D eigenvalue weighted by molar-refractivity contribution is 6.07. The van der Waals surface area contributed by atoms with Crippen LogP contribution < -0.4 is 5.32 Å². The Bertz CT molecular complexity index is 1090. The van der Waals surface area contributed by atoms with Gasteiger partial charge in [-0.25, -0.2) is 9.59 Å². The molecule has 4 heterocycles. The molecule has 3 fully saturated rings. The average Bonchev–Trinajstić information content (AvgIpc) is 3.52. The number of nitrogens with zero attached hydrogens (tertiary/aromatic N) is 3. The van der Waals surface area contributed by atoms with E-state index < -0.39 is 5.54 Å². The molecule has 0 aliphatic carbocycles. The Morgan fingerprint density at radius 3 is 2.56 bits per heavy atom. The largest absolute Gasteiger partial charge is 0.465 e. The molecule has 0 spiro atoms. The van der Waals surface area contributed by atoms with E-state index in [1.807, 2.05) is 30.3 Å². The Kier molecular flexibility index (Phi) is 7.02. The number of hydrogen-bond acceptors (Lipinski definition) is 7. The third kappa shape index (κ3) is 4.60. The molecular formula is C27H32N4O5. The summed E-state index contributed by atoms with van der Waals surface area (Å²) in [5.74, 6) is -0.645. The zero-order valence-corrected chi connectivity index (χ0v) is 20.5. The number of aromatic nitrogens is 1. The predicted octanol–water partition coefficient (Wildman–Crippen LogP) is 2.71. The molecule has 3 saturated heterocycles. The number of hydrogen-bond donors (Lipinski definition) is 1. The first-order valence-electron chi connectivity index (χ1n) is 12.6. The van der Waals surface area contributed by atoms with Crippen molar-refractivity contribution < 1.29 is 23.9 Å². The van der Waals surface area contributed by atoms with Gasteiger partial charge >= 0.3 is 12.0 Å². The van der Waals surface area contributed by atoms with E-state index in [2.05, 4.69) is 15.2 Å². The maximum Gasteiger partial charge on any atom is 0.337 e. The van der Waals surface area contributed by atoms with Crippen molar-refractivity contribution in [3.63, 3.8) is 0 Å². The summed E-state index contributed by atoms with van der Waals surface area (Å²) in [7, 11) is 1.37. The minimum atomic E-state index is -1.16. The summed E-state index contributed by atoms with van der Waals surface area (Å²) in [5, 5.41) is 3.07. The molecule has 9 nitrogen and oxygen atoms in total. The lowest BCUT2D eigenvalue weighted by Crippen LogP contribution is -2.54. The van der Waals surface area contributed by atoms with Crippen molar-refractivity contribution in [2.45, 2.75) is 43.9 Å². The van der Waals surface area contributed by atoms with Crippen molar-refractivity contribution in [3.8, 4) is 0 Å². The molecule has 0 unspecified atom stereocenters. The first-order valence-corrected chi connectivity index (χ1v) is 12.6. The summed E-state index contributed by atoms with van der Waals surface area (Å²) in [6.45, 7) is 3.26. The number of likely N-dealkylation sites (tertiary alicyclic amines) is 1. The van der Waals surface area contributed by atoms with E-state index in [1.54, 1.807) is 18.3 Å². The van der Waals surface area contributed by atoms with Gasteiger partial charge in [-0.1, -0.05) is 18.2 Å². The van der Waals surface area contributed by atoms with Crippen LogP contribution in [0.4, 0.5) is 4.79 Å². The quantitative estimate of drug-likeness (QED) is 0.468. The van der Waals surface area contributed by atoms with E-state index >= 15 is 0 Å². The van der Waals surface area contributed by atoms with Gasteiger partial charge in [-0.2, -0.15) is 0 Å². The Morgan fingerprint density at radius 2 is 1.92 bits per heavy atom. The SMILES string of the molecule is COC(=O)c1ccc(CN2CCC([C@@]3(c4ccccn4)NC(=O)N(C[C@H]4CCCO4)C3=O)CC2)cc1. The molecule has 9 heteroatoms. The summed E-state index contributed by atoms with van der Waals surface area (Å²) in [4.78, 5) is 46.9. The van der Waals surface area contributed by atoms with Crippen molar-refractivity contribution in [1.29, 1.82) is 0 Å². The molecule has 1 aromatic heterocycles. The number of ether oxygens (including phenoxy) is 2. The Balaban J connectivity index is 1.30. The highest BCUT2D eigenvalue weighted by atomic mass is 16.5. The van der Waals surface area contributed by atoms with Gasteiger partial charge in [0.2, 0.25) is 0 Å². The Labute approximate surface area is 210 Å². The lowest BCUT2D eigenvalue weighted by Gasteiger charge is -2.40. The van der Waals surface area contributed by atoms with Crippen molar-refractivity contribution in [2.24, 2.45) is 5.92 Å². The van der Waals surface area contributed by atoms with Gasteiger partial charge in [-0.15, -0.1) is 0 Å². The number of pyridine rings is 1. The fourth-order valence-corrected chi connectivity index (χ4v) is 5.65. The second-order valence-electron chi connectivity index (χ2n) is 9.74. The highest BCUT2D eigenvalue weighted by Gasteiger charge is 2.58. The lowest BCUT2D eigenvalue weighted by molar-refractivity contribution is -0.135. The lowest BCUT2D eigenvalue weighted by atomic mass is 9.75. The summed E-state index contributed by atoms with van der Waals surface area (Å²) in [6.07, 6.45) is 4.86. The molecule has 3 amide bonds. The molecule has 190 valence electrons. The molecule has 1 aromatic carbocycles. The number of urea groups is 1. The number of esters is 1. The molecule has 2 atom stereocenters. The minimum Gasteiger partial charge on any atom is -0.465 e. The smallest absolute Gasteiger partial charge is 0.337 e. The summed E-state index contributed by atoms with van der Waals surface area (Å²) in [6, 6.07) is 12.6. The van der Waals surface area contributed by atoms with Gasteiger partial charge in [0, 0.05) is 19.3 Å². The van der Waals surface area contributed by atoms with Crippen LogP contribution in [-0.4, -0.2) is 72.1 Å². The normalized spacial score (nSPS) is 25.2. The maximum atomic E-state index is 13.9. The molecule has 0 saturated carbocycles. The van der Waals surface area contributed by atoms with Crippen LogP contribution in [-0.2, 0) is 26.4 Å². The first kappa shape index (κ1) is 24.4. The number of methoxy groups -OCH3 is 1. The molecule has 0 bridgehead atoms. The fourth-order valence-electron chi connectivity index (χ4n) is 5.65. The van der Waals surface area contributed by atoms with E-state index in [4.69, 9.17) is 9.47 Å². The number of carbonyl (C=O) groups is 3. The fraction of sp³-hybridized carbons (Fsp3) is 0.481. The molecule has 2 aromatic rings. The summed E-state index contributed by atoms with van der Waals surface area (Å²) >= 11 is 0. The van der Waals surface area contributed by atoms with Crippen LogP contribution in [0.5, 0.6) is 0 Å². The minimum absolute atomic E-state index is 0.0729. The second kappa shape index (κ2) is 10.4. The van der Waals surface area contributed by atoms with Crippen molar-refractivity contribution in [1.82, 2.24) is 20.1 Å². The number of imide groups is 1. The third-order valence-electron chi connectivity index (χ3n) is 7.59. The van der Waals surface area contributed by atoms with Crippen molar-refractivity contribution in [2.75, 3.05) is 33.4 Å². The van der Waals surface area contributed by atoms with Gasteiger partial charge in [0.25, 0.3) is 5.91 Å². The average molecular weight is 493 g/mol. The zero-order chi connectivity index (χ0) is 25.1. The molecule has 3 aliphatic heterocycles. The van der Waals surface area contributed by atoms with E-state index in [0.717, 1.165) is 50.9 Å². The van der Waals surface area contributed by atoms with Crippen LogP contribution in [0.25, 0.3) is 0 Å². The third-order valence-corrected chi connectivity index (χ3v) is 7.59. The topological polar surface area (TPSA) is 101 Å². The van der Waals surface area contributed by atoms with Crippen molar-refractivity contribution >= 4 is 17.9 Å². The number of piperidine rings is 1. The number of carbonyl (C=O) groups excluding carboxylic acids is 3. The molecule has 36 heavy (non-hydrogen) atoms. The summed E-state index contributed by atoms with van der Waals surface area (Å²) in [5.41, 5.74) is 1.06. The van der Waals surface area contributed by atoms with Gasteiger partial charge in [0.1, 0.15) is 0 Å². The monoisotopic (exact) mass is 492 g/mol. The zero-order valence-electron chi connectivity index (χ0n) is 20.5. The van der Waals surface area contributed by atoms with Crippen LogP contribution in [0.1, 0.15) is 47.3 Å². The van der Waals surface area contributed by atoms with Gasteiger partial charge in [0.15, 0.2) is 5.54 Å². The second-order valence-corrected chi connectivity index (χ2v) is 9.74. The van der Waals surface area contributed by atoms with Crippen LogP contribution in [0.15, 0.2) is 48.7 Å². The van der Waals surface area contributed by atoms with Gasteiger partial charge in [-0.05, 0) is 74.5 Å². The Hall–Kier alpha value is -3.30. The Morgan fingerprint density at radius 1 is 1.14 bits per heavy atom. The predicted molar refractivity (Wildman–Crippen MR) is 131 cm³/mol. The molecule has 5 rings (SSSR count). The standard InChI is InChI=1S/C27H32N4O5/c1-35-24(32)20-9-7-19(8-10-20)17-30-14-11-21(12-15-30)27(23-6-2-3-13-28-23)25(33)31(26(34)29-27)18-22-5-4-16-36-22/h2-3,6-10,13,21-22H,4-5,11-12,14-18H2,1H3,(H,29,34)/t22-,27+/m1/s1. The molecule has 3 aliphatic rings. The highest BCUT2D eigenvalue weighted by Crippen LogP contribution is 2.41. The van der Waals surface area contributed by atoms with Crippen LogP contribution in [0, 0.1) is 5.92 Å². The molecular weight excluding hydrogens is 460 g/mol. The molecule has 1 N–H and O–H groups in total. The van der Waals surface area contributed by atoms with Crippen LogP contribution in [0.2, 0.25) is 0 Å². The van der Waals surface area contributed by atoms with Gasteiger partial charge in [0.05, 0.1) is 31.0 Å². The van der Waals surface area contributed by atoms with E-state index in [9.17, 15) is 14.4 Å². The number of nitrogens with one attached hydrogen (secondary N) is 1. The number of rotatable bonds is 7. The number of amides is 3. The number of benzene rings is 1. The van der Waals surface area contributed by atoms with Gasteiger partial charge in [-0.3, -0.25) is 19.6 Å². The van der Waals surface area contributed by atoms with E-state index in [0.29, 0.717) is 17.9 Å². The first-order chi connectivity index (χ1) is 17.5. The van der Waals surface area contributed by atoms with E-state index in [1.165, 1.54) is 12.0 Å². The molecule has 0 radical (unpaired) electrons. The van der Waals surface area contributed by atoms with E-state index in [-0.39, 0.29) is 36.5 Å². The van der Waals surface area contributed by atoms with Crippen LogP contribution in [0.3, 0.4) is 0 Å².